The van der Waals surface area contributed by atoms with Gasteiger partial charge in [0, 0.05) is 6.42 Å². The van der Waals surface area contributed by atoms with Crippen LogP contribution in [0.1, 0.15) is 71.1 Å². The lowest BCUT2D eigenvalue weighted by Gasteiger charge is -2.21. The summed E-state index contributed by atoms with van der Waals surface area (Å²) in [5.41, 5.74) is 0. The molecule has 0 aromatic carbocycles. The summed E-state index contributed by atoms with van der Waals surface area (Å²) in [7, 11) is 6.16. The van der Waals surface area contributed by atoms with Gasteiger partial charge in [0.05, 0.1) is 27.7 Å². The van der Waals surface area contributed by atoms with Crippen LogP contribution in [-0.2, 0) is 4.79 Å². The molecule has 0 aliphatic rings. The molecule has 0 aliphatic heterocycles. The normalized spacial score (nSPS) is 11.0. The highest BCUT2D eigenvalue weighted by atomic mass is 35.5. The number of carbonyl (C=O) groups is 1. The van der Waals surface area contributed by atoms with Gasteiger partial charge < -0.3 is 9.59 Å². The van der Waals surface area contributed by atoms with E-state index in [2.05, 4.69) is 28.1 Å². The Kier molecular flexibility index (Phi) is 17.9. The highest BCUT2D eigenvalue weighted by molar-refractivity contribution is 6.63. The van der Waals surface area contributed by atoms with Gasteiger partial charge in [0.25, 0.3) is 0 Å². The van der Waals surface area contributed by atoms with Gasteiger partial charge in [-0.2, -0.15) is 0 Å². The van der Waals surface area contributed by atoms with Crippen molar-refractivity contribution in [1.29, 1.82) is 0 Å². The molecule has 0 fully saturated rings. The zero-order valence-corrected chi connectivity index (χ0v) is 15.4. The summed E-state index contributed by atoms with van der Waals surface area (Å²) in [5.74, 6) is 0. The van der Waals surface area contributed by atoms with E-state index in [-0.39, 0.29) is 11.8 Å². The molecule has 0 radical (unpaired) electrons. The van der Waals surface area contributed by atoms with Gasteiger partial charge in [-0.05, 0) is 18.0 Å². The first-order valence-corrected chi connectivity index (χ1v) is 8.81. The predicted molar refractivity (Wildman–Crippen MR) is 92.7 cm³/mol. The summed E-state index contributed by atoms with van der Waals surface area (Å²) < 4.78 is 0.844. The molecule has 3 nitrogen and oxygen atoms in total. The van der Waals surface area contributed by atoms with E-state index in [1.807, 2.05) is 0 Å². The van der Waals surface area contributed by atoms with Crippen molar-refractivity contribution >= 4 is 16.8 Å². The van der Waals surface area contributed by atoms with Gasteiger partial charge in [-0.3, -0.25) is 4.79 Å². The van der Waals surface area contributed by atoms with E-state index in [9.17, 15) is 4.79 Å². The summed E-state index contributed by atoms with van der Waals surface area (Å²) >= 11 is 5.24. The first-order valence-electron chi connectivity index (χ1n) is 8.43. The molecule has 0 bridgehead atoms. The minimum absolute atomic E-state index is 0.187. The Balaban J connectivity index is 0. The fraction of sp³-hybridized carbons (Fsp3) is 0.941. The number of unbranched alkanes of at least 4 members (excludes halogenated alkanes) is 8. The fourth-order valence-corrected chi connectivity index (χ4v) is 2.01. The zero-order valence-electron chi connectivity index (χ0n) is 14.7. The second-order valence-electron chi connectivity index (χ2n) is 6.67. The molecule has 0 unspecified atom stereocenters. The summed E-state index contributed by atoms with van der Waals surface area (Å²) in [4.78, 5) is 10.4. The van der Waals surface area contributed by atoms with Crippen molar-refractivity contribution in [3.8, 4) is 0 Å². The van der Waals surface area contributed by atoms with Crippen molar-refractivity contribution in [2.75, 3.05) is 34.3 Å². The van der Waals surface area contributed by atoms with E-state index in [0.29, 0.717) is 6.42 Å². The lowest BCUT2D eigenvalue weighted by atomic mass is 10.1. The molecule has 0 saturated carbocycles. The van der Waals surface area contributed by atoms with Crippen LogP contribution >= 0.6 is 11.6 Å². The van der Waals surface area contributed by atoms with Crippen LogP contribution in [0.25, 0.3) is 0 Å². The van der Waals surface area contributed by atoms with E-state index in [0.717, 1.165) is 23.9 Å². The molecule has 0 heterocycles. The van der Waals surface area contributed by atoms with Crippen LogP contribution in [0.4, 0.5) is 0 Å². The lowest BCUT2D eigenvalue weighted by Crippen LogP contribution is -2.36. The number of carbonyl (C=O) groups excluding carboxylic acids is 1. The van der Waals surface area contributed by atoms with Crippen LogP contribution in [0, 0.1) is 0 Å². The maximum atomic E-state index is 10.4. The van der Waals surface area contributed by atoms with Crippen molar-refractivity contribution in [3.05, 3.63) is 0 Å². The number of likely N-dealkylation sites (N-methyl/N-ethyl adjacent to an activating group) is 1. The van der Waals surface area contributed by atoms with Gasteiger partial charge in [0.15, 0.2) is 0 Å². The first-order chi connectivity index (χ1) is 9.83. The van der Waals surface area contributed by atoms with Crippen molar-refractivity contribution in [1.82, 2.24) is 0 Å². The molecule has 0 aromatic rings. The molecule has 128 valence electrons. The highest BCUT2D eigenvalue weighted by Crippen LogP contribution is 2.10. The van der Waals surface area contributed by atoms with Gasteiger partial charge in [-0.15, -0.1) is 0 Å². The Labute approximate surface area is 137 Å². The topological polar surface area (TPSA) is 37.3 Å². The minimum Gasteiger partial charge on any atom is -0.391 e. The largest absolute Gasteiger partial charge is 0.391 e. The van der Waals surface area contributed by atoms with E-state index in [4.69, 9.17) is 16.7 Å². The number of aliphatic hydroxyl groups is 1. The van der Waals surface area contributed by atoms with Gasteiger partial charge in [0.1, 0.15) is 6.54 Å². The zero-order chi connectivity index (χ0) is 16.6. The van der Waals surface area contributed by atoms with Crippen LogP contribution in [0.5, 0.6) is 0 Å². The average Bonchev–Trinajstić information content (AvgIpc) is 2.36. The van der Waals surface area contributed by atoms with Gasteiger partial charge in [0.2, 0.25) is 5.24 Å². The van der Waals surface area contributed by atoms with E-state index >= 15 is 0 Å². The minimum atomic E-state index is -0.187. The lowest BCUT2D eigenvalue weighted by molar-refractivity contribution is -0.870. The van der Waals surface area contributed by atoms with Crippen LogP contribution < -0.4 is 0 Å². The molecular formula is C17H37ClNO2+. The molecule has 1 N–H and O–H groups in total. The number of hydrogen-bond donors (Lipinski definition) is 1. The SMILES string of the molecule is CCCCCCCCCCCC(=O)Cl.C[N+](C)(C)CCO. The van der Waals surface area contributed by atoms with Crippen molar-refractivity contribution in [2.24, 2.45) is 0 Å². The van der Waals surface area contributed by atoms with Gasteiger partial charge in [-0.25, -0.2) is 0 Å². The van der Waals surface area contributed by atoms with Gasteiger partial charge >= 0.3 is 0 Å². The molecule has 0 saturated heterocycles. The predicted octanol–water partition coefficient (Wildman–Crippen LogP) is 4.36. The summed E-state index contributed by atoms with van der Waals surface area (Å²) in [6.07, 6.45) is 12.1. The quantitative estimate of drug-likeness (QED) is 0.329. The van der Waals surface area contributed by atoms with Crippen LogP contribution in [-0.4, -0.2) is 49.1 Å². The smallest absolute Gasteiger partial charge is 0.221 e. The van der Waals surface area contributed by atoms with Crippen molar-refractivity contribution in [3.63, 3.8) is 0 Å². The Morgan fingerprint density at radius 3 is 1.62 bits per heavy atom. The molecule has 0 aromatic heterocycles. The second kappa shape index (κ2) is 16.3. The van der Waals surface area contributed by atoms with Crippen LogP contribution in [0.2, 0.25) is 0 Å². The van der Waals surface area contributed by atoms with E-state index < -0.39 is 0 Å². The molecular weight excluding hydrogens is 286 g/mol. The molecule has 0 spiro atoms. The van der Waals surface area contributed by atoms with E-state index in [1.54, 1.807) is 0 Å². The number of aliphatic hydroxyl groups excluding tert-OH is 1. The number of hydrogen-bond acceptors (Lipinski definition) is 2. The number of rotatable bonds is 12. The van der Waals surface area contributed by atoms with Crippen molar-refractivity contribution < 1.29 is 14.4 Å². The third kappa shape index (κ3) is 28.7. The summed E-state index contributed by atoms with van der Waals surface area (Å²) in [5, 5.41) is 8.20. The molecule has 0 atom stereocenters. The Morgan fingerprint density at radius 1 is 0.905 bits per heavy atom. The summed E-state index contributed by atoms with van der Waals surface area (Å²) in [6.45, 7) is 3.35. The van der Waals surface area contributed by atoms with Crippen molar-refractivity contribution in [2.45, 2.75) is 71.1 Å². The first kappa shape index (κ1) is 23.2. The van der Waals surface area contributed by atoms with Crippen LogP contribution in [0.3, 0.4) is 0 Å². The number of halogens is 1. The highest BCUT2D eigenvalue weighted by Gasteiger charge is 2.02. The molecule has 0 amide bonds. The average molecular weight is 323 g/mol. The summed E-state index contributed by atoms with van der Waals surface area (Å²) in [6, 6.07) is 0. The van der Waals surface area contributed by atoms with Crippen LogP contribution in [0.15, 0.2) is 0 Å². The standard InChI is InChI=1S/C12H23ClO.C5H14NO/c1-2-3-4-5-6-7-8-9-10-11-12(13)14;1-6(2,3)4-5-7/h2-11H2,1H3;7H,4-5H2,1-3H3/q;+1. The van der Waals surface area contributed by atoms with Gasteiger partial charge in [-0.1, -0.05) is 58.3 Å². The fourth-order valence-electron chi connectivity index (χ4n) is 1.87. The number of nitrogens with zero attached hydrogens (tertiary/aromatic N) is 1. The molecule has 21 heavy (non-hydrogen) atoms. The Bertz CT molecular complexity index is 227. The molecule has 4 heteroatoms. The molecule has 0 aliphatic carbocycles. The Morgan fingerprint density at radius 2 is 1.33 bits per heavy atom. The second-order valence-corrected chi connectivity index (χ2v) is 7.09. The maximum absolute atomic E-state index is 10.4. The third-order valence-corrected chi connectivity index (χ3v) is 3.44. The van der Waals surface area contributed by atoms with E-state index in [1.165, 1.54) is 44.9 Å². The third-order valence-electron chi connectivity index (χ3n) is 3.25. The maximum Gasteiger partial charge on any atom is 0.221 e. The monoisotopic (exact) mass is 322 g/mol. The number of quaternary nitrogens is 1. The Hall–Kier alpha value is -0.120. The molecule has 0 rings (SSSR count).